The van der Waals surface area contributed by atoms with Crippen LogP contribution < -0.4 is 10.5 Å². The summed E-state index contributed by atoms with van der Waals surface area (Å²) in [4.78, 5) is 2.87. The van der Waals surface area contributed by atoms with Crippen molar-refractivity contribution >= 4 is 17.2 Å². The van der Waals surface area contributed by atoms with Gasteiger partial charge in [-0.3, -0.25) is 0 Å². The van der Waals surface area contributed by atoms with Crippen LogP contribution in [-0.4, -0.2) is 36.6 Å². The first-order valence-corrected chi connectivity index (χ1v) is 6.68. The lowest BCUT2D eigenvalue weighted by Gasteiger charge is -2.23. The lowest BCUT2D eigenvalue weighted by molar-refractivity contribution is 0.258. The molecule has 0 amide bonds. The number of hydrogen-bond donors (Lipinski definition) is 1. The number of nitrogens with two attached hydrogens (primary N) is 1. The van der Waals surface area contributed by atoms with E-state index in [0.717, 1.165) is 25.4 Å². The average Bonchev–Trinajstić information content (AvgIpc) is 2.72. The van der Waals surface area contributed by atoms with Crippen molar-refractivity contribution in [2.45, 2.75) is 12.8 Å². The molecule has 1 heterocycles. The molecule has 0 bridgehead atoms. The molecule has 2 unspecified atom stereocenters. The molecule has 1 aliphatic rings. The molecular weight excluding hydrogens is 244 g/mol. The van der Waals surface area contributed by atoms with Gasteiger partial charge in [0.15, 0.2) is 0 Å². The van der Waals surface area contributed by atoms with Gasteiger partial charge in [-0.2, -0.15) is 0 Å². The highest BCUT2D eigenvalue weighted by molar-refractivity contribution is 7.80. The number of thiocarbonyl (C=S) groups is 1. The van der Waals surface area contributed by atoms with Crippen molar-refractivity contribution < 1.29 is 4.74 Å². The molecule has 0 saturated carbocycles. The number of para-hydroxylation sites is 1. The lowest BCUT2D eigenvalue weighted by Crippen LogP contribution is -2.34. The van der Waals surface area contributed by atoms with Gasteiger partial charge >= 0.3 is 0 Å². The predicted octanol–water partition coefficient (Wildman–Crippen LogP) is 2.02. The molecule has 1 aromatic rings. The van der Waals surface area contributed by atoms with Gasteiger partial charge in [0.05, 0.1) is 11.6 Å². The number of likely N-dealkylation sites (N-methyl/N-ethyl adjacent to an activating group) is 1. The minimum atomic E-state index is 0.252. The standard InChI is InChI=1S/C14H20N2OS/c1-10(14(15)18)7-16(2)8-11-9-17-13-6-4-3-5-12(11)13/h3-6,10-11H,7-9H2,1-2H3,(H2,15,18). The van der Waals surface area contributed by atoms with Crippen molar-refractivity contribution in [3.8, 4) is 5.75 Å². The van der Waals surface area contributed by atoms with E-state index in [-0.39, 0.29) is 5.92 Å². The normalized spacial score (nSPS) is 19.4. The van der Waals surface area contributed by atoms with Crippen molar-refractivity contribution in [3.05, 3.63) is 29.8 Å². The van der Waals surface area contributed by atoms with Crippen LogP contribution in [0.3, 0.4) is 0 Å². The van der Waals surface area contributed by atoms with Gasteiger partial charge in [0, 0.05) is 30.5 Å². The maximum absolute atomic E-state index is 5.69. The van der Waals surface area contributed by atoms with Gasteiger partial charge < -0.3 is 15.4 Å². The second kappa shape index (κ2) is 5.67. The monoisotopic (exact) mass is 264 g/mol. The predicted molar refractivity (Wildman–Crippen MR) is 78.1 cm³/mol. The van der Waals surface area contributed by atoms with Crippen LogP contribution in [0.1, 0.15) is 18.4 Å². The van der Waals surface area contributed by atoms with Crippen molar-refractivity contribution in [1.82, 2.24) is 4.90 Å². The fourth-order valence-corrected chi connectivity index (χ4v) is 2.46. The van der Waals surface area contributed by atoms with Crippen LogP contribution in [-0.2, 0) is 0 Å². The summed E-state index contributed by atoms with van der Waals surface area (Å²) >= 11 is 5.01. The molecule has 2 rings (SSSR count). The van der Waals surface area contributed by atoms with E-state index in [0.29, 0.717) is 10.9 Å². The molecule has 0 aromatic heterocycles. The molecule has 1 aliphatic heterocycles. The fourth-order valence-electron chi connectivity index (χ4n) is 2.39. The smallest absolute Gasteiger partial charge is 0.122 e. The average molecular weight is 264 g/mol. The SMILES string of the molecule is CC(CN(C)CC1COc2ccccc21)C(N)=S. The highest BCUT2D eigenvalue weighted by Crippen LogP contribution is 2.33. The Morgan fingerprint density at radius 2 is 2.28 bits per heavy atom. The van der Waals surface area contributed by atoms with E-state index in [1.54, 1.807) is 0 Å². The van der Waals surface area contributed by atoms with Crippen LogP contribution in [0.5, 0.6) is 5.75 Å². The summed E-state index contributed by atoms with van der Waals surface area (Å²) in [6, 6.07) is 8.27. The maximum Gasteiger partial charge on any atom is 0.122 e. The summed E-state index contributed by atoms with van der Waals surface area (Å²) in [6.07, 6.45) is 0. The zero-order chi connectivity index (χ0) is 13.1. The molecule has 4 heteroatoms. The minimum absolute atomic E-state index is 0.252. The van der Waals surface area contributed by atoms with Gasteiger partial charge in [0.2, 0.25) is 0 Å². The van der Waals surface area contributed by atoms with Gasteiger partial charge in [-0.15, -0.1) is 0 Å². The molecule has 0 spiro atoms. The Bertz CT molecular complexity index is 436. The molecule has 0 radical (unpaired) electrons. The molecule has 1 aromatic carbocycles. The third kappa shape index (κ3) is 3.00. The van der Waals surface area contributed by atoms with E-state index in [1.165, 1.54) is 5.56 Å². The lowest BCUT2D eigenvalue weighted by atomic mass is 10.0. The van der Waals surface area contributed by atoms with Crippen molar-refractivity contribution in [1.29, 1.82) is 0 Å². The van der Waals surface area contributed by atoms with E-state index < -0.39 is 0 Å². The Morgan fingerprint density at radius 1 is 1.56 bits per heavy atom. The van der Waals surface area contributed by atoms with E-state index in [1.807, 2.05) is 12.1 Å². The van der Waals surface area contributed by atoms with Crippen molar-refractivity contribution in [2.75, 3.05) is 26.7 Å². The number of hydrogen-bond acceptors (Lipinski definition) is 3. The van der Waals surface area contributed by atoms with Crippen molar-refractivity contribution in [3.63, 3.8) is 0 Å². The quantitative estimate of drug-likeness (QED) is 0.826. The molecule has 0 fully saturated rings. The summed E-state index contributed by atoms with van der Waals surface area (Å²) in [5.41, 5.74) is 6.96. The number of rotatable bonds is 5. The van der Waals surface area contributed by atoms with Gasteiger partial charge in [0.1, 0.15) is 5.75 Å². The van der Waals surface area contributed by atoms with Crippen LogP contribution >= 0.6 is 12.2 Å². The van der Waals surface area contributed by atoms with Crippen LogP contribution in [0.2, 0.25) is 0 Å². The Balaban J connectivity index is 1.93. The van der Waals surface area contributed by atoms with Crippen LogP contribution in [0.25, 0.3) is 0 Å². The highest BCUT2D eigenvalue weighted by atomic mass is 32.1. The zero-order valence-corrected chi connectivity index (χ0v) is 11.7. The summed E-state index contributed by atoms with van der Waals surface area (Å²) in [6.45, 7) is 4.71. The van der Waals surface area contributed by atoms with Crippen LogP contribution in [0, 0.1) is 5.92 Å². The second-order valence-electron chi connectivity index (χ2n) is 5.07. The third-order valence-electron chi connectivity index (χ3n) is 3.40. The Morgan fingerprint density at radius 3 is 3.00 bits per heavy atom. The Kier molecular flexibility index (Phi) is 4.19. The molecule has 0 aliphatic carbocycles. The number of ether oxygens (including phenoxy) is 1. The van der Waals surface area contributed by atoms with E-state index in [9.17, 15) is 0 Å². The minimum Gasteiger partial charge on any atom is -0.493 e. The Labute approximate surface area is 114 Å². The molecular formula is C14H20N2OS. The maximum atomic E-state index is 5.69. The number of benzene rings is 1. The van der Waals surface area contributed by atoms with Crippen LogP contribution in [0.4, 0.5) is 0 Å². The third-order valence-corrected chi connectivity index (χ3v) is 3.80. The first-order valence-electron chi connectivity index (χ1n) is 6.27. The topological polar surface area (TPSA) is 38.5 Å². The van der Waals surface area contributed by atoms with Crippen molar-refractivity contribution in [2.24, 2.45) is 11.7 Å². The van der Waals surface area contributed by atoms with E-state index >= 15 is 0 Å². The van der Waals surface area contributed by atoms with Gasteiger partial charge in [0.25, 0.3) is 0 Å². The summed E-state index contributed by atoms with van der Waals surface area (Å²) in [5, 5.41) is 0. The van der Waals surface area contributed by atoms with E-state index in [4.69, 9.17) is 22.7 Å². The molecule has 0 saturated heterocycles. The first kappa shape index (κ1) is 13.3. The number of fused-ring (bicyclic) bond motifs is 1. The van der Waals surface area contributed by atoms with Gasteiger partial charge in [-0.05, 0) is 13.1 Å². The largest absolute Gasteiger partial charge is 0.493 e. The number of nitrogens with zero attached hydrogens (tertiary/aromatic N) is 1. The molecule has 18 heavy (non-hydrogen) atoms. The molecule has 2 atom stereocenters. The zero-order valence-electron chi connectivity index (χ0n) is 10.9. The summed E-state index contributed by atoms with van der Waals surface area (Å²) in [7, 11) is 2.11. The second-order valence-corrected chi connectivity index (χ2v) is 5.54. The highest BCUT2D eigenvalue weighted by Gasteiger charge is 2.25. The summed E-state index contributed by atoms with van der Waals surface area (Å²) in [5.74, 6) is 1.73. The van der Waals surface area contributed by atoms with Gasteiger partial charge in [-0.25, -0.2) is 0 Å². The van der Waals surface area contributed by atoms with E-state index in [2.05, 4.69) is 31.0 Å². The summed E-state index contributed by atoms with van der Waals surface area (Å²) < 4.78 is 5.69. The van der Waals surface area contributed by atoms with Crippen LogP contribution in [0.15, 0.2) is 24.3 Å². The molecule has 2 N–H and O–H groups in total. The molecule has 3 nitrogen and oxygen atoms in total. The Hall–Kier alpha value is -1.13. The van der Waals surface area contributed by atoms with Gasteiger partial charge in [-0.1, -0.05) is 37.3 Å². The molecule has 98 valence electrons. The fraction of sp³-hybridized carbons (Fsp3) is 0.500. The first-order chi connectivity index (χ1) is 8.58.